The first-order chi connectivity index (χ1) is 11.3. The van der Waals surface area contributed by atoms with Crippen molar-refractivity contribution < 1.29 is 4.42 Å². The highest BCUT2D eigenvalue weighted by Gasteiger charge is 2.13. The first kappa shape index (κ1) is 14.2. The van der Waals surface area contributed by atoms with Gasteiger partial charge in [0.1, 0.15) is 0 Å². The van der Waals surface area contributed by atoms with Crippen molar-refractivity contribution in [3.63, 3.8) is 0 Å². The second-order valence-electron chi connectivity index (χ2n) is 4.68. The predicted octanol–water partition coefficient (Wildman–Crippen LogP) is 3.73. The van der Waals surface area contributed by atoms with Crippen LogP contribution < -0.4 is 0 Å². The third kappa shape index (κ3) is 2.80. The van der Waals surface area contributed by atoms with Gasteiger partial charge in [-0.15, -0.1) is 20.4 Å². The van der Waals surface area contributed by atoms with Crippen molar-refractivity contribution in [3.8, 4) is 11.5 Å². The molecule has 0 atom stereocenters. The highest BCUT2D eigenvalue weighted by atomic mass is 35.5. The van der Waals surface area contributed by atoms with Crippen LogP contribution in [0.5, 0.6) is 0 Å². The Morgan fingerprint density at radius 3 is 2.78 bits per heavy atom. The fourth-order valence-corrected chi connectivity index (χ4v) is 3.08. The smallest absolute Gasteiger partial charge is 0.249 e. The van der Waals surface area contributed by atoms with Crippen molar-refractivity contribution in [1.82, 2.24) is 24.8 Å². The molecule has 0 fully saturated rings. The van der Waals surface area contributed by atoms with Crippen LogP contribution in [-0.4, -0.2) is 24.8 Å². The molecule has 0 radical (unpaired) electrons. The molecule has 0 aliphatic heterocycles. The Morgan fingerprint density at radius 1 is 1.00 bits per heavy atom. The van der Waals surface area contributed by atoms with Gasteiger partial charge in [0.05, 0.1) is 16.3 Å². The summed E-state index contributed by atoms with van der Waals surface area (Å²) < 4.78 is 7.59. The summed E-state index contributed by atoms with van der Waals surface area (Å²) in [7, 11) is 0. The average Bonchev–Trinajstić information content (AvgIpc) is 3.20. The van der Waals surface area contributed by atoms with Crippen LogP contribution >= 0.6 is 23.4 Å². The lowest BCUT2D eigenvalue weighted by Gasteiger charge is -1.98. The quantitative estimate of drug-likeness (QED) is 0.526. The second-order valence-corrected chi connectivity index (χ2v) is 6.03. The molecule has 4 rings (SSSR count). The molecule has 0 unspecified atom stereocenters. The molecule has 3 aromatic heterocycles. The molecule has 0 N–H and O–H groups in total. The summed E-state index contributed by atoms with van der Waals surface area (Å²) in [5.74, 6) is 1.43. The molecular weight excluding hydrogens is 334 g/mol. The molecule has 23 heavy (non-hydrogen) atoms. The maximum Gasteiger partial charge on any atom is 0.249 e. The molecule has 0 aliphatic carbocycles. The predicted molar refractivity (Wildman–Crippen MR) is 87.3 cm³/mol. The molecular formula is C15H10ClN5OS. The van der Waals surface area contributed by atoms with E-state index < -0.39 is 0 Å². The number of nitrogens with zero attached hydrogens (tertiary/aromatic N) is 5. The largest absolute Gasteiger partial charge is 0.420 e. The number of thioether (sulfide) groups is 1. The first-order valence-electron chi connectivity index (χ1n) is 6.81. The van der Waals surface area contributed by atoms with Gasteiger partial charge in [-0.25, -0.2) is 0 Å². The van der Waals surface area contributed by atoms with Gasteiger partial charge in [-0.05, 0) is 24.3 Å². The molecule has 0 saturated heterocycles. The molecule has 0 saturated carbocycles. The van der Waals surface area contributed by atoms with Crippen LogP contribution in [0, 0.1) is 0 Å². The number of halogens is 1. The number of hydrogen-bond acceptors (Lipinski definition) is 6. The highest BCUT2D eigenvalue weighted by molar-refractivity contribution is 7.98. The van der Waals surface area contributed by atoms with Gasteiger partial charge < -0.3 is 4.42 Å². The standard InChI is InChI=1S/C15H10ClN5OS/c16-11-6-2-1-5-10(11)14-19-18-13(22-14)9-23-15-20-17-12-7-3-4-8-21(12)15/h1-8H,9H2. The van der Waals surface area contributed by atoms with E-state index in [4.69, 9.17) is 16.0 Å². The Hall–Kier alpha value is -2.38. The topological polar surface area (TPSA) is 69.1 Å². The minimum absolute atomic E-state index is 0.414. The van der Waals surface area contributed by atoms with Gasteiger partial charge in [-0.3, -0.25) is 4.40 Å². The lowest BCUT2D eigenvalue weighted by atomic mass is 10.2. The van der Waals surface area contributed by atoms with Gasteiger partial charge in [-0.2, -0.15) is 0 Å². The van der Waals surface area contributed by atoms with Gasteiger partial charge in [0.25, 0.3) is 0 Å². The van der Waals surface area contributed by atoms with Crippen LogP contribution in [0.15, 0.2) is 58.2 Å². The molecule has 0 aliphatic rings. The molecule has 3 heterocycles. The van der Waals surface area contributed by atoms with Gasteiger partial charge in [0, 0.05) is 6.20 Å². The summed E-state index contributed by atoms with van der Waals surface area (Å²) in [4.78, 5) is 0. The van der Waals surface area contributed by atoms with E-state index in [2.05, 4.69) is 20.4 Å². The van der Waals surface area contributed by atoms with Crippen molar-refractivity contribution in [2.24, 2.45) is 0 Å². The molecule has 6 nitrogen and oxygen atoms in total. The zero-order valence-corrected chi connectivity index (χ0v) is 13.3. The van der Waals surface area contributed by atoms with Gasteiger partial charge >= 0.3 is 0 Å². The number of hydrogen-bond donors (Lipinski definition) is 0. The number of rotatable bonds is 4. The fraction of sp³-hybridized carbons (Fsp3) is 0.0667. The molecule has 0 bridgehead atoms. The van der Waals surface area contributed by atoms with E-state index in [0.29, 0.717) is 22.6 Å². The van der Waals surface area contributed by atoms with Crippen LogP contribution in [0.3, 0.4) is 0 Å². The molecule has 0 spiro atoms. The lowest BCUT2D eigenvalue weighted by molar-refractivity contribution is 0.528. The van der Waals surface area contributed by atoms with E-state index in [9.17, 15) is 0 Å². The summed E-state index contributed by atoms with van der Waals surface area (Å²) in [5.41, 5.74) is 1.53. The van der Waals surface area contributed by atoms with Gasteiger partial charge in [-0.1, -0.05) is 41.6 Å². The molecule has 8 heteroatoms. The van der Waals surface area contributed by atoms with E-state index in [-0.39, 0.29) is 0 Å². The molecule has 0 amide bonds. The summed E-state index contributed by atoms with van der Waals surface area (Å²) in [6, 6.07) is 13.1. The van der Waals surface area contributed by atoms with E-state index >= 15 is 0 Å². The molecule has 4 aromatic rings. The SMILES string of the molecule is Clc1ccccc1-c1nnc(CSc2nnc3ccccn23)o1. The third-order valence-electron chi connectivity index (χ3n) is 3.18. The average molecular weight is 344 g/mol. The molecule has 114 valence electrons. The van der Waals surface area contributed by atoms with E-state index in [1.807, 2.05) is 47.0 Å². The maximum absolute atomic E-state index is 6.14. The number of aromatic nitrogens is 5. The van der Waals surface area contributed by atoms with Crippen molar-refractivity contribution >= 4 is 29.0 Å². The van der Waals surface area contributed by atoms with Crippen LogP contribution in [0.1, 0.15) is 5.89 Å². The Kier molecular flexibility index (Phi) is 3.72. The zero-order chi connectivity index (χ0) is 15.6. The van der Waals surface area contributed by atoms with E-state index in [0.717, 1.165) is 16.4 Å². The summed E-state index contributed by atoms with van der Waals surface area (Å²) in [6.45, 7) is 0. The number of fused-ring (bicyclic) bond motifs is 1. The Morgan fingerprint density at radius 2 is 1.87 bits per heavy atom. The van der Waals surface area contributed by atoms with Crippen molar-refractivity contribution in [3.05, 3.63) is 59.6 Å². The molecule has 1 aromatic carbocycles. The van der Waals surface area contributed by atoms with E-state index in [1.165, 1.54) is 11.8 Å². The van der Waals surface area contributed by atoms with Gasteiger partial charge in [0.2, 0.25) is 11.8 Å². The lowest BCUT2D eigenvalue weighted by Crippen LogP contribution is -1.87. The minimum Gasteiger partial charge on any atom is -0.420 e. The normalized spacial score (nSPS) is 11.2. The highest BCUT2D eigenvalue weighted by Crippen LogP contribution is 2.28. The maximum atomic E-state index is 6.14. The zero-order valence-electron chi connectivity index (χ0n) is 11.8. The Labute approximate surface area is 140 Å². The van der Waals surface area contributed by atoms with Crippen LogP contribution in [-0.2, 0) is 5.75 Å². The monoisotopic (exact) mass is 343 g/mol. The minimum atomic E-state index is 0.414. The van der Waals surface area contributed by atoms with Crippen molar-refractivity contribution in [2.45, 2.75) is 10.9 Å². The second kappa shape index (κ2) is 6.02. The number of pyridine rings is 1. The van der Waals surface area contributed by atoms with Crippen molar-refractivity contribution in [2.75, 3.05) is 0 Å². The summed E-state index contributed by atoms with van der Waals surface area (Å²) in [6.07, 6.45) is 1.92. The third-order valence-corrected chi connectivity index (χ3v) is 4.44. The van der Waals surface area contributed by atoms with Crippen LogP contribution in [0.4, 0.5) is 0 Å². The summed E-state index contributed by atoms with van der Waals surface area (Å²) >= 11 is 7.62. The fourth-order valence-electron chi connectivity index (χ4n) is 2.10. The number of benzene rings is 1. The summed E-state index contributed by atoms with van der Waals surface area (Å²) in [5, 5.41) is 17.7. The van der Waals surface area contributed by atoms with Gasteiger partial charge in [0.15, 0.2) is 10.8 Å². The Bertz CT molecular complexity index is 967. The van der Waals surface area contributed by atoms with Crippen LogP contribution in [0.2, 0.25) is 5.02 Å². The van der Waals surface area contributed by atoms with E-state index in [1.54, 1.807) is 6.07 Å². The Balaban J connectivity index is 1.53. The van der Waals surface area contributed by atoms with Crippen molar-refractivity contribution in [1.29, 1.82) is 0 Å². The van der Waals surface area contributed by atoms with Crippen LogP contribution in [0.25, 0.3) is 17.1 Å². The first-order valence-corrected chi connectivity index (χ1v) is 8.17.